The van der Waals surface area contributed by atoms with Gasteiger partial charge in [0.25, 0.3) is 0 Å². The Labute approximate surface area is 150 Å². The molecule has 5 nitrogen and oxygen atoms in total. The van der Waals surface area contributed by atoms with Gasteiger partial charge in [-0.3, -0.25) is 4.99 Å². The van der Waals surface area contributed by atoms with Crippen LogP contribution in [0.3, 0.4) is 0 Å². The molecule has 2 aliphatic rings. The molecule has 0 unspecified atom stereocenters. The molecule has 0 N–H and O–H groups in total. The van der Waals surface area contributed by atoms with Crippen molar-refractivity contribution in [3.63, 3.8) is 0 Å². The second kappa shape index (κ2) is 6.36. The first-order chi connectivity index (χ1) is 11.6. The zero-order chi connectivity index (χ0) is 18.2. The molecule has 1 fully saturated rings. The molecule has 1 aromatic rings. The highest BCUT2D eigenvalue weighted by molar-refractivity contribution is 5.86. The summed E-state index contributed by atoms with van der Waals surface area (Å²) in [5, 5.41) is 0. The van der Waals surface area contributed by atoms with Crippen LogP contribution in [0.25, 0.3) is 0 Å². The zero-order valence-corrected chi connectivity index (χ0v) is 16.0. The van der Waals surface area contributed by atoms with Gasteiger partial charge < -0.3 is 14.5 Å². The van der Waals surface area contributed by atoms with Crippen LogP contribution in [0.2, 0.25) is 0 Å². The van der Waals surface area contributed by atoms with E-state index in [0.29, 0.717) is 13.1 Å². The van der Waals surface area contributed by atoms with Gasteiger partial charge in [0.2, 0.25) is 0 Å². The van der Waals surface area contributed by atoms with E-state index in [2.05, 4.69) is 41.9 Å². The van der Waals surface area contributed by atoms with E-state index >= 15 is 0 Å². The second-order valence-corrected chi connectivity index (χ2v) is 8.55. The van der Waals surface area contributed by atoms with Gasteiger partial charge in [-0.1, -0.05) is 12.1 Å². The number of nitrogens with zero attached hydrogens (tertiary/aromatic N) is 3. The van der Waals surface area contributed by atoms with Crippen LogP contribution in [0.4, 0.5) is 10.5 Å². The van der Waals surface area contributed by atoms with Gasteiger partial charge >= 0.3 is 6.09 Å². The molecular formula is C20H29N3O2. The van der Waals surface area contributed by atoms with Crippen molar-refractivity contribution in [3.05, 3.63) is 29.3 Å². The first-order valence-corrected chi connectivity index (χ1v) is 9.05. The second-order valence-electron chi connectivity index (χ2n) is 8.55. The van der Waals surface area contributed by atoms with E-state index in [1.807, 2.05) is 31.9 Å². The van der Waals surface area contributed by atoms with E-state index in [-0.39, 0.29) is 11.6 Å². The van der Waals surface area contributed by atoms with Crippen molar-refractivity contribution in [2.45, 2.75) is 52.2 Å². The van der Waals surface area contributed by atoms with Crippen LogP contribution in [-0.2, 0) is 11.2 Å². The number of carbonyl (C=O) groups excluding carboxylic acids is 1. The summed E-state index contributed by atoms with van der Waals surface area (Å²) in [7, 11) is 0. The summed E-state index contributed by atoms with van der Waals surface area (Å²) in [6.07, 6.45) is 2.73. The van der Waals surface area contributed by atoms with Crippen molar-refractivity contribution in [2.24, 2.45) is 4.99 Å². The number of benzene rings is 1. The van der Waals surface area contributed by atoms with Gasteiger partial charge in [-0.15, -0.1) is 0 Å². The maximum absolute atomic E-state index is 12.2. The van der Waals surface area contributed by atoms with E-state index in [1.165, 1.54) is 16.8 Å². The molecule has 0 aromatic heterocycles. The molecule has 0 spiro atoms. The van der Waals surface area contributed by atoms with Crippen molar-refractivity contribution in [2.75, 3.05) is 31.1 Å². The SMILES string of the molecule is CC1(C)Cc2c(cccc2N2CCN(C(=O)OC(C)(C)C)CC2)C=N1. The van der Waals surface area contributed by atoms with Crippen LogP contribution in [0, 0.1) is 0 Å². The fourth-order valence-electron chi connectivity index (χ4n) is 3.38. The Morgan fingerprint density at radius 2 is 1.84 bits per heavy atom. The number of aliphatic imine (C=N–C) groups is 1. The molecule has 1 amide bonds. The summed E-state index contributed by atoms with van der Waals surface area (Å²) in [5.74, 6) is 0. The molecule has 2 heterocycles. The molecule has 1 aromatic carbocycles. The van der Waals surface area contributed by atoms with Crippen LogP contribution in [0.1, 0.15) is 45.7 Å². The van der Waals surface area contributed by atoms with E-state index in [4.69, 9.17) is 4.74 Å². The van der Waals surface area contributed by atoms with E-state index < -0.39 is 5.60 Å². The Morgan fingerprint density at radius 3 is 2.48 bits per heavy atom. The molecule has 5 heteroatoms. The Morgan fingerprint density at radius 1 is 1.16 bits per heavy atom. The zero-order valence-electron chi connectivity index (χ0n) is 16.0. The maximum atomic E-state index is 12.2. The van der Waals surface area contributed by atoms with Crippen molar-refractivity contribution in [1.82, 2.24) is 4.90 Å². The molecule has 0 radical (unpaired) electrons. The number of hydrogen-bond acceptors (Lipinski definition) is 4. The summed E-state index contributed by atoms with van der Waals surface area (Å²) in [6.45, 7) is 13.1. The highest BCUT2D eigenvalue weighted by Gasteiger charge is 2.29. The largest absolute Gasteiger partial charge is 0.444 e. The number of rotatable bonds is 1. The number of piperazine rings is 1. The maximum Gasteiger partial charge on any atom is 0.410 e. The third-order valence-corrected chi connectivity index (χ3v) is 4.62. The average molecular weight is 343 g/mol. The highest BCUT2D eigenvalue weighted by atomic mass is 16.6. The lowest BCUT2D eigenvalue weighted by atomic mass is 9.88. The molecule has 1 saturated heterocycles. The lowest BCUT2D eigenvalue weighted by molar-refractivity contribution is 0.0240. The molecule has 0 bridgehead atoms. The molecule has 136 valence electrons. The van der Waals surface area contributed by atoms with Crippen LogP contribution in [-0.4, -0.2) is 54.5 Å². The van der Waals surface area contributed by atoms with E-state index in [9.17, 15) is 4.79 Å². The topological polar surface area (TPSA) is 45.1 Å². The summed E-state index contributed by atoms with van der Waals surface area (Å²) in [4.78, 5) is 21.1. The molecule has 2 aliphatic heterocycles. The van der Waals surface area contributed by atoms with Gasteiger partial charge in [0.1, 0.15) is 5.60 Å². The Kier molecular flexibility index (Phi) is 4.52. The molecule has 0 saturated carbocycles. The summed E-state index contributed by atoms with van der Waals surface area (Å²) in [5.41, 5.74) is 3.36. The highest BCUT2D eigenvalue weighted by Crippen LogP contribution is 2.32. The van der Waals surface area contributed by atoms with Gasteiger partial charge in [-0.2, -0.15) is 0 Å². The number of carbonyl (C=O) groups is 1. The Hall–Kier alpha value is -2.04. The number of ether oxygens (including phenoxy) is 1. The fraction of sp³-hybridized carbons (Fsp3) is 0.600. The van der Waals surface area contributed by atoms with E-state index in [1.54, 1.807) is 0 Å². The third-order valence-electron chi connectivity index (χ3n) is 4.62. The van der Waals surface area contributed by atoms with Crippen molar-refractivity contribution in [3.8, 4) is 0 Å². The van der Waals surface area contributed by atoms with Crippen LogP contribution in [0.15, 0.2) is 23.2 Å². The number of anilines is 1. The Balaban J connectivity index is 1.71. The van der Waals surface area contributed by atoms with Crippen LogP contribution >= 0.6 is 0 Å². The first kappa shape index (κ1) is 17.8. The van der Waals surface area contributed by atoms with Gasteiger partial charge in [0, 0.05) is 38.1 Å². The normalized spacial score (nSPS) is 19.6. The quantitative estimate of drug-likeness (QED) is 0.784. The Bertz CT molecular complexity index is 681. The smallest absolute Gasteiger partial charge is 0.410 e. The van der Waals surface area contributed by atoms with Crippen molar-refractivity contribution < 1.29 is 9.53 Å². The number of hydrogen-bond donors (Lipinski definition) is 0. The first-order valence-electron chi connectivity index (χ1n) is 9.05. The standard InChI is InChI=1S/C20H29N3O2/c1-19(2,3)25-18(24)23-11-9-22(10-12-23)17-8-6-7-15-14-21-20(4,5)13-16(15)17/h6-8,14H,9-13H2,1-5H3. The fourth-order valence-corrected chi connectivity index (χ4v) is 3.38. The summed E-state index contributed by atoms with van der Waals surface area (Å²) < 4.78 is 5.49. The third kappa shape index (κ3) is 4.14. The predicted octanol–water partition coefficient (Wildman–Crippen LogP) is 3.50. The summed E-state index contributed by atoms with van der Waals surface area (Å²) in [6, 6.07) is 6.42. The monoisotopic (exact) mass is 343 g/mol. The predicted molar refractivity (Wildman–Crippen MR) is 102 cm³/mol. The average Bonchev–Trinajstić information content (AvgIpc) is 2.52. The molecule has 0 atom stereocenters. The van der Waals surface area contributed by atoms with Crippen molar-refractivity contribution >= 4 is 18.0 Å². The molecule has 0 aliphatic carbocycles. The van der Waals surface area contributed by atoms with Gasteiger partial charge in [-0.05, 0) is 58.2 Å². The van der Waals surface area contributed by atoms with Gasteiger partial charge in [0.15, 0.2) is 0 Å². The minimum absolute atomic E-state index is 0.0541. The van der Waals surface area contributed by atoms with E-state index in [0.717, 1.165) is 19.5 Å². The lowest BCUT2D eigenvalue weighted by Gasteiger charge is -2.38. The van der Waals surface area contributed by atoms with Crippen LogP contribution in [0.5, 0.6) is 0 Å². The van der Waals surface area contributed by atoms with Gasteiger partial charge in [-0.25, -0.2) is 4.79 Å². The van der Waals surface area contributed by atoms with Crippen molar-refractivity contribution in [1.29, 1.82) is 0 Å². The minimum Gasteiger partial charge on any atom is -0.444 e. The lowest BCUT2D eigenvalue weighted by Crippen LogP contribution is -2.50. The molecule has 25 heavy (non-hydrogen) atoms. The molecule has 3 rings (SSSR count). The minimum atomic E-state index is -0.447. The summed E-state index contributed by atoms with van der Waals surface area (Å²) >= 11 is 0. The van der Waals surface area contributed by atoms with Gasteiger partial charge in [0.05, 0.1) is 5.54 Å². The number of fused-ring (bicyclic) bond motifs is 1. The molecular weight excluding hydrogens is 314 g/mol. The van der Waals surface area contributed by atoms with Crippen LogP contribution < -0.4 is 4.90 Å². The number of amides is 1.